The summed E-state index contributed by atoms with van der Waals surface area (Å²) in [4.78, 5) is 38.7. The van der Waals surface area contributed by atoms with Crippen LogP contribution < -0.4 is 5.32 Å². The highest BCUT2D eigenvalue weighted by atomic mass is 16.3. The van der Waals surface area contributed by atoms with Gasteiger partial charge in [0.1, 0.15) is 28.9 Å². The summed E-state index contributed by atoms with van der Waals surface area (Å²) in [6.07, 6.45) is 4.97. The lowest BCUT2D eigenvalue weighted by Gasteiger charge is -2.25. The van der Waals surface area contributed by atoms with Crippen LogP contribution in [0.4, 0.5) is 0 Å². The predicted molar refractivity (Wildman–Crippen MR) is 134 cm³/mol. The summed E-state index contributed by atoms with van der Waals surface area (Å²) in [5.74, 6) is -3.87. The van der Waals surface area contributed by atoms with E-state index in [4.69, 9.17) is 0 Å². The molecule has 5 N–H and O–H groups in total. The molecule has 0 aliphatic heterocycles. The normalized spacial score (nSPS) is 12.2. The highest BCUT2D eigenvalue weighted by molar-refractivity contribution is 6.14. The molecule has 184 valence electrons. The van der Waals surface area contributed by atoms with Crippen LogP contribution in [0.3, 0.4) is 0 Å². The minimum atomic E-state index is -1.36. The molecule has 8 heteroatoms. The van der Waals surface area contributed by atoms with Crippen LogP contribution in [0.5, 0.6) is 23.0 Å². The summed E-state index contributed by atoms with van der Waals surface area (Å²) >= 11 is 0. The SMILES string of the molecule is CC(=O)NC(c1ccccc1)C(C(=O)/C=C/c1cc(O)cc(O)c1)C(=O)/C=C/c1cc(O)cc(O)c1. The molecule has 0 bridgehead atoms. The summed E-state index contributed by atoms with van der Waals surface area (Å²) in [7, 11) is 0. The van der Waals surface area contributed by atoms with Crippen molar-refractivity contribution in [2.75, 3.05) is 0 Å². The van der Waals surface area contributed by atoms with Crippen molar-refractivity contribution in [1.82, 2.24) is 5.32 Å². The van der Waals surface area contributed by atoms with Gasteiger partial charge in [-0.15, -0.1) is 0 Å². The monoisotopic (exact) mass is 487 g/mol. The lowest BCUT2D eigenvalue weighted by atomic mass is 9.85. The third-order valence-electron chi connectivity index (χ3n) is 5.19. The Morgan fingerprint density at radius 3 is 1.50 bits per heavy atom. The number of phenolic OH excluding ortho intramolecular Hbond substituents is 4. The minimum Gasteiger partial charge on any atom is -0.508 e. The fourth-order valence-corrected chi connectivity index (χ4v) is 3.70. The van der Waals surface area contributed by atoms with Crippen LogP contribution in [0.15, 0.2) is 78.9 Å². The van der Waals surface area contributed by atoms with Gasteiger partial charge in [0, 0.05) is 19.1 Å². The maximum Gasteiger partial charge on any atom is 0.217 e. The van der Waals surface area contributed by atoms with Crippen LogP contribution in [0.1, 0.15) is 29.7 Å². The number of rotatable bonds is 9. The number of benzene rings is 3. The molecule has 1 unspecified atom stereocenters. The Bertz CT molecular complexity index is 1210. The van der Waals surface area contributed by atoms with Gasteiger partial charge in [0.05, 0.1) is 6.04 Å². The van der Waals surface area contributed by atoms with Crippen molar-refractivity contribution in [3.63, 3.8) is 0 Å². The maximum absolute atomic E-state index is 13.3. The molecule has 8 nitrogen and oxygen atoms in total. The number of aromatic hydroxyl groups is 4. The van der Waals surface area contributed by atoms with Crippen LogP contribution in [0.25, 0.3) is 12.2 Å². The van der Waals surface area contributed by atoms with Gasteiger partial charge in [-0.05, 0) is 53.1 Å². The lowest BCUT2D eigenvalue weighted by molar-refractivity contribution is -0.129. The molecule has 0 radical (unpaired) electrons. The van der Waals surface area contributed by atoms with Gasteiger partial charge < -0.3 is 25.7 Å². The molecule has 0 spiro atoms. The molecule has 1 atom stereocenters. The number of hydrogen-bond acceptors (Lipinski definition) is 7. The molecule has 3 aromatic rings. The number of amides is 1. The Balaban J connectivity index is 2.01. The van der Waals surface area contributed by atoms with Gasteiger partial charge in [-0.3, -0.25) is 14.4 Å². The van der Waals surface area contributed by atoms with Crippen molar-refractivity contribution in [3.8, 4) is 23.0 Å². The van der Waals surface area contributed by atoms with E-state index in [1.807, 2.05) is 0 Å². The Morgan fingerprint density at radius 2 is 1.11 bits per heavy atom. The average Bonchev–Trinajstić information content (AvgIpc) is 2.80. The first-order chi connectivity index (χ1) is 17.1. The van der Waals surface area contributed by atoms with E-state index in [1.165, 1.54) is 43.3 Å². The van der Waals surface area contributed by atoms with Gasteiger partial charge in [-0.25, -0.2) is 0 Å². The standard InChI is InChI=1S/C28H25NO7/c1-17(30)29-28(20-5-3-2-4-6-20)27(25(35)9-7-18-11-21(31)15-22(32)12-18)26(36)10-8-19-13-23(33)16-24(34)14-19/h2-16,27-28,31-34H,1H3,(H,29,30)/b9-7+,10-8+. The van der Waals surface area contributed by atoms with E-state index in [2.05, 4.69) is 5.32 Å². The Hall–Kier alpha value is -4.85. The summed E-state index contributed by atoms with van der Waals surface area (Å²) in [5.41, 5.74) is 1.19. The Morgan fingerprint density at radius 1 is 0.694 bits per heavy atom. The summed E-state index contributed by atoms with van der Waals surface area (Å²) < 4.78 is 0. The fourth-order valence-electron chi connectivity index (χ4n) is 3.70. The smallest absolute Gasteiger partial charge is 0.217 e. The summed E-state index contributed by atoms with van der Waals surface area (Å²) in [6, 6.07) is 15.2. The number of nitrogens with one attached hydrogen (secondary N) is 1. The molecule has 0 heterocycles. The van der Waals surface area contributed by atoms with E-state index < -0.39 is 29.4 Å². The van der Waals surface area contributed by atoms with Gasteiger partial charge in [0.15, 0.2) is 11.6 Å². The molecule has 0 aliphatic carbocycles. The van der Waals surface area contributed by atoms with Gasteiger partial charge in [-0.2, -0.15) is 0 Å². The molecule has 0 aromatic heterocycles. The quantitative estimate of drug-likeness (QED) is 0.228. The molecule has 0 aliphatic rings. The van der Waals surface area contributed by atoms with Crippen LogP contribution in [-0.4, -0.2) is 37.9 Å². The van der Waals surface area contributed by atoms with Gasteiger partial charge in [-0.1, -0.05) is 42.5 Å². The van der Waals surface area contributed by atoms with Crippen LogP contribution in [-0.2, 0) is 14.4 Å². The molecular formula is C28H25NO7. The number of hydrogen-bond donors (Lipinski definition) is 5. The first-order valence-corrected chi connectivity index (χ1v) is 10.9. The van der Waals surface area contributed by atoms with E-state index in [0.29, 0.717) is 16.7 Å². The third-order valence-corrected chi connectivity index (χ3v) is 5.19. The molecule has 3 rings (SSSR count). The first kappa shape index (κ1) is 25.8. The highest BCUT2D eigenvalue weighted by Crippen LogP contribution is 2.27. The number of phenols is 4. The molecule has 0 fully saturated rings. The van der Waals surface area contributed by atoms with E-state index in [9.17, 15) is 34.8 Å². The first-order valence-electron chi connectivity index (χ1n) is 10.9. The fraction of sp³-hybridized carbons (Fsp3) is 0.107. The molecule has 1 amide bonds. The van der Waals surface area contributed by atoms with Crippen molar-refractivity contribution in [2.45, 2.75) is 13.0 Å². The number of ketones is 2. The van der Waals surface area contributed by atoms with E-state index >= 15 is 0 Å². The second kappa shape index (κ2) is 11.5. The number of carbonyl (C=O) groups is 3. The summed E-state index contributed by atoms with van der Waals surface area (Å²) in [6.45, 7) is 1.28. The number of allylic oxidation sites excluding steroid dienone is 2. The van der Waals surface area contributed by atoms with Crippen molar-refractivity contribution >= 4 is 29.6 Å². The van der Waals surface area contributed by atoms with Crippen LogP contribution in [0.2, 0.25) is 0 Å². The van der Waals surface area contributed by atoms with E-state index in [0.717, 1.165) is 24.3 Å². The van der Waals surface area contributed by atoms with Crippen molar-refractivity contribution in [1.29, 1.82) is 0 Å². The molecule has 36 heavy (non-hydrogen) atoms. The van der Waals surface area contributed by atoms with Gasteiger partial charge in [0.2, 0.25) is 5.91 Å². The zero-order valence-corrected chi connectivity index (χ0v) is 19.3. The minimum absolute atomic E-state index is 0.201. The molecule has 0 saturated carbocycles. The van der Waals surface area contributed by atoms with Gasteiger partial charge in [0.25, 0.3) is 0 Å². The van der Waals surface area contributed by atoms with E-state index in [-0.39, 0.29) is 23.0 Å². The molecular weight excluding hydrogens is 462 g/mol. The third kappa shape index (κ3) is 7.07. The van der Waals surface area contributed by atoms with E-state index in [1.54, 1.807) is 30.3 Å². The maximum atomic E-state index is 13.3. The van der Waals surface area contributed by atoms with Crippen molar-refractivity contribution in [2.24, 2.45) is 5.92 Å². The highest BCUT2D eigenvalue weighted by Gasteiger charge is 2.34. The zero-order valence-electron chi connectivity index (χ0n) is 19.3. The van der Waals surface area contributed by atoms with Crippen molar-refractivity contribution < 1.29 is 34.8 Å². The lowest BCUT2D eigenvalue weighted by Crippen LogP contribution is -2.39. The largest absolute Gasteiger partial charge is 0.508 e. The average molecular weight is 488 g/mol. The Kier molecular flexibility index (Phi) is 8.25. The van der Waals surface area contributed by atoms with Crippen LogP contribution >= 0.6 is 0 Å². The van der Waals surface area contributed by atoms with Gasteiger partial charge >= 0.3 is 0 Å². The zero-order chi connectivity index (χ0) is 26.2. The second-order valence-electron chi connectivity index (χ2n) is 8.10. The topological polar surface area (TPSA) is 144 Å². The number of carbonyl (C=O) groups excluding carboxylic acids is 3. The molecule has 3 aromatic carbocycles. The summed E-state index contributed by atoms with van der Waals surface area (Å²) in [5, 5.41) is 41.4. The van der Waals surface area contributed by atoms with Crippen LogP contribution in [0, 0.1) is 5.92 Å². The predicted octanol–water partition coefficient (Wildman–Crippen LogP) is 3.87. The van der Waals surface area contributed by atoms with Crippen molar-refractivity contribution in [3.05, 3.63) is 95.6 Å². The Labute approximate surface area is 207 Å². The second-order valence-corrected chi connectivity index (χ2v) is 8.10. The molecule has 0 saturated heterocycles.